The first kappa shape index (κ1) is 18.5. The van der Waals surface area contributed by atoms with Crippen molar-refractivity contribution in [3.63, 3.8) is 0 Å². The van der Waals surface area contributed by atoms with E-state index in [1.54, 1.807) is 4.52 Å². The van der Waals surface area contributed by atoms with Crippen molar-refractivity contribution in [2.45, 2.75) is 45.8 Å². The van der Waals surface area contributed by atoms with Crippen molar-refractivity contribution in [3.8, 4) is 11.1 Å². The number of aliphatic hydroxyl groups is 1. The first-order chi connectivity index (χ1) is 13.3. The first-order valence-electron chi connectivity index (χ1n) is 9.54. The second-order valence-corrected chi connectivity index (χ2v) is 7.79. The third-order valence-electron chi connectivity index (χ3n) is 5.69. The molecule has 8 nitrogen and oxygen atoms in total. The number of nitrogens with zero attached hydrogens (tertiary/aromatic N) is 4. The van der Waals surface area contributed by atoms with Crippen LogP contribution in [0.2, 0.25) is 0 Å². The number of aryl methyl sites for hydroxylation is 2. The summed E-state index contributed by atoms with van der Waals surface area (Å²) in [5.74, 6) is -0.234. The van der Waals surface area contributed by atoms with E-state index in [-0.39, 0.29) is 6.04 Å². The van der Waals surface area contributed by atoms with Gasteiger partial charge < -0.3 is 16.2 Å². The summed E-state index contributed by atoms with van der Waals surface area (Å²) in [6.45, 7) is 5.91. The number of fused-ring (bicyclic) bond motifs is 1. The van der Waals surface area contributed by atoms with E-state index in [4.69, 9.17) is 5.73 Å². The Hall–Kier alpha value is -2.87. The van der Waals surface area contributed by atoms with Crippen LogP contribution in [0.15, 0.2) is 18.5 Å². The van der Waals surface area contributed by atoms with E-state index >= 15 is 0 Å². The summed E-state index contributed by atoms with van der Waals surface area (Å²) in [7, 11) is 1.92. The monoisotopic (exact) mass is 382 g/mol. The fourth-order valence-electron chi connectivity index (χ4n) is 3.88. The van der Waals surface area contributed by atoms with Crippen molar-refractivity contribution >= 4 is 17.1 Å². The Labute approximate surface area is 163 Å². The van der Waals surface area contributed by atoms with Gasteiger partial charge in [0.05, 0.1) is 34.8 Å². The SMILES string of the molecule is Cc1nn(C)c(C)c1-c1cc2c(NC(C)C(O)C3CC3)c(C(N)=O)cnn2c1. The zero-order valence-corrected chi connectivity index (χ0v) is 16.6. The minimum Gasteiger partial charge on any atom is -0.391 e. The highest BCUT2D eigenvalue weighted by Gasteiger charge is 2.34. The minimum absolute atomic E-state index is 0.211. The fourth-order valence-corrected chi connectivity index (χ4v) is 3.88. The molecule has 0 saturated heterocycles. The van der Waals surface area contributed by atoms with Gasteiger partial charge in [-0.2, -0.15) is 10.2 Å². The van der Waals surface area contributed by atoms with Gasteiger partial charge in [-0.15, -0.1) is 0 Å². The Balaban J connectivity index is 1.82. The van der Waals surface area contributed by atoms with Crippen molar-refractivity contribution in [3.05, 3.63) is 35.4 Å². The predicted molar refractivity (Wildman–Crippen MR) is 107 cm³/mol. The lowest BCUT2D eigenvalue weighted by Gasteiger charge is -2.22. The van der Waals surface area contributed by atoms with Crippen molar-refractivity contribution in [2.24, 2.45) is 18.7 Å². The zero-order chi connectivity index (χ0) is 20.2. The van der Waals surface area contributed by atoms with Gasteiger partial charge in [-0.3, -0.25) is 9.48 Å². The van der Waals surface area contributed by atoms with Crippen molar-refractivity contribution in [2.75, 3.05) is 5.32 Å². The van der Waals surface area contributed by atoms with Gasteiger partial charge in [0.2, 0.25) is 0 Å². The predicted octanol–water partition coefficient (Wildman–Crippen LogP) is 2.02. The average molecular weight is 382 g/mol. The molecule has 28 heavy (non-hydrogen) atoms. The summed E-state index contributed by atoms with van der Waals surface area (Å²) in [4.78, 5) is 12.0. The summed E-state index contributed by atoms with van der Waals surface area (Å²) in [6.07, 6.45) is 5.00. The van der Waals surface area contributed by atoms with Crippen LogP contribution in [0.5, 0.6) is 0 Å². The van der Waals surface area contributed by atoms with Crippen LogP contribution in [0.4, 0.5) is 5.69 Å². The zero-order valence-electron chi connectivity index (χ0n) is 16.6. The number of hydrogen-bond donors (Lipinski definition) is 3. The van der Waals surface area contributed by atoms with Crippen molar-refractivity contribution in [1.82, 2.24) is 19.4 Å². The molecule has 0 radical (unpaired) electrons. The van der Waals surface area contributed by atoms with E-state index in [1.165, 1.54) is 6.20 Å². The summed E-state index contributed by atoms with van der Waals surface area (Å²) < 4.78 is 3.58. The van der Waals surface area contributed by atoms with E-state index in [9.17, 15) is 9.90 Å². The number of nitrogens with two attached hydrogens (primary N) is 1. The third-order valence-corrected chi connectivity index (χ3v) is 5.69. The Bertz CT molecular complexity index is 1060. The van der Waals surface area contributed by atoms with Crippen LogP contribution in [0.25, 0.3) is 16.6 Å². The van der Waals surface area contributed by atoms with Gasteiger partial charge in [-0.05, 0) is 45.6 Å². The Morgan fingerprint density at radius 3 is 2.68 bits per heavy atom. The number of carbonyl (C=O) groups excluding carboxylic acids is 1. The van der Waals surface area contributed by atoms with Gasteiger partial charge >= 0.3 is 0 Å². The highest BCUT2D eigenvalue weighted by atomic mass is 16.3. The number of hydrogen-bond acceptors (Lipinski definition) is 5. The molecule has 1 saturated carbocycles. The highest BCUT2D eigenvalue weighted by molar-refractivity contribution is 6.02. The molecule has 3 aromatic rings. The summed E-state index contributed by atoms with van der Waals surface area (Å²) in [5.41, 5.74) is 11.2. The summed E-state index contributed by atoms with van der Waals surface area (Å²) in [5, 5.41) is 22.6. The maximum atomic E-state index is 12.0. The largest absolute Gasteiger partial charge is 0.391 e. The van der Waals surface area contributed by atoms with Crippen LogP contribution in [-0.4, -0.2) is 42.6 Å². The molecule has 3 aromatic heterocycles. The van der Waals surface area contributed by atoms with E-state index in [2.05, 4.69) is 15.5 Å². The molecule has 1 amide bonds. The van der Waals surface area contributed by atoms with Crippen LogP contribution in [0.1, 0.15) is 41.5 Å². The smallest absolute Gasteiger partial charge is 0.252 e. The number of anilines is 1. The molecule has 1 fully saturated rings. The fraction of sp³-hybridized carbons (Fsp3) is 0.450. The topological polar surface area (TPSA) is 110 Å². The number of carbonyl (C=O) groups is 1. The Morgan fingerprint density at radius 1 is 1.39 bits per heavy atom. The van der Waals surface area contributed by atoms with Crippen LogP contribution in [0, 0.1) is 19.8 Å². The van der Waals surface area contributed by atoms with E-state index in [0.717, 1.165) is 40.9 Å². The molecule has 4 rings (SSSR count). The van der Waals surface area contributed by atoms with Crippen LogP contribution in [-0.2, 0) is 7.05 Å². The molecular weight excluding hydrogens is 356 g/mol. The molecule has 0 bridgehead atoms. The lowest BCUT2D eigenvalue weighted by molar-refractivity contribution is 0.1000. The van der Waals surface area contributed by atoms with Crippen molar-refractivity contribution in [1.29, 1.82) is 0 Å². The maximum Gasteiger partial charge on any atom is 0.252 e. The van der Waals surface area contributed by atoms with Crippen LogP contribution in [0.3, 0.4) is 0 Å². The molecule has 2 unspecified atom stereocenters. The molecule has 0 aliphatic heterocycles. The highest BCUT2D eigenvalue weighted by Crippen LogP contribution is 2.36. The number of aromatic nitrogens is 4. The van der Waals surface area contributed by atoms with E-state index in [1.807, 2.05) is 44.8 Å². The van der Waals surface area contributed by atoms with Crippen LogP contribution < -0.4 is 11.1 Å². The molecule has 2 atom stereocenters. The molecule has 0 spiro atoms. The molecule has 1 aliphatic rings. The molecule has 8 heteroatoms. The molecule has 148 valence electrons. The van der Waals surface area contributed by atoms with Gasteiger partial charge in [0.25, 0.3) is 5.91 Å². The van der Waals surface area contributed by atoms with Crippen LogP contribution >= 0.6 is 0 Å². The molecular formula is C20H26N6O2. The van der Waals surface area contributed by atoms with Gasteiger partial charge in [0, 0.05) is 36.1 Å². The molecule has 3 heterocycles. The van der Waals surface area contributed by atoms with Gasteiger partial charge in [0.1, 0.15) is 0 Å². The van der Waals surface area contributed by atoms with Crippen molar-refractivity contribution < 1.29 is 9.90 Å². The molecule has 0 aromatic carbocycles. The third kappa shape index (κ3) is 3.03. The van der Waals surface area contributed by atoms with Gasteiger partial charge in [-0.25, -0.2) is 4.52 Å². The normalized spacial score (nSPS) is 16.3. The minimum atomic E-state index is -0.554. The van der Waals surface area contributed by atoms with E-state index < -0.39 is 12.0 Å². The van der Waals surface area contributed by atoms with Gasteiger partial charge in [-0.1, -0.05) is 0 Å². The molecule has 4 N–H and O–H groups in total. The number of aliphatic hydroxyl groups excluding tert-OH is 1. The van der Waals surface area contributed by atoms with Gasteiger partial charge in [0.15, 0.2) is 0 Å². The Morgan fingerprint density at radius 2 is 2.11 bits per heavy atom. The lowest BCUT2D eigenvalue weighted by atomic mass is 10.1. The second-order valence-electron chi connectivity index (χ2n) is 7.79. The first-order valence-corrected chi connectivity index (χ1v) is 9.54. The summed E-state index contributed by atoms with van der Waals surface area (Å²) in [6, 6.07) is 1.77. The second kappa shape index (κ2) is 6.63. The standard InChI is InChI=1S/C20H26N6O2/c1-10-17(12(3)25(4)24-10)14-7-16-18(23-11(2)19(27)13-5-6-13)15(20(21)28)8-22-26(16)9-14/h7-9,11,13,19,23,27H,5-6H2,1-4H3,(H2,21,28). The quantitative estimate of drug-likeness (QED) is 0.604. The number of rotatable bonds is 6. The number of primary amides is 1. The molecule has 1 aliphatic carbocycles. The maximum absolute atomic E-state index is 12.0. The number of nitrogens with one attached hydrogen (secondary N) is 1. The number of amides is 1. The summed E-state index contributed by atoms with van der Waals surface area (Å²) >= 11 is 0. The average Bonchev–Trinajstić information content (AvgIpc) is 3.34. The Kier molecular flexibility index (Phi) is 4.38. The lowest BCUT2D eigenvalue weighted by Crippen LogP contribution is -2.33. The van der Waals surface area contributed by atoms with E-state index in [0.29, 0.717) is 17.2 Å².